The van der Waals surface area contributed by atoms with E-state index >= 15 is 0 Å². The molecule has 0 bridgehead atoms. The van der Waals surface area contributed by atoms with Gasteiger partial charge in [0.15, 0.2) is 0 Å². The molecule has 2 rings (SSSR count). The predicted molar refractivity (Wildman–Crippen MR) is 67.7 cm³/mol. The second-order valence-electron chi connectivity index (χ2n) is 3.90. The van der Waals surface area contributed by atoms with Gasteiger partial charge in [0.1, 0.15) is 5.15 Å². The quantitative estimate of drug-likeness (QED) is 0.903. The standard InChI is InChI=1S/C12H15ClN4/c1-9-11(12(13)17(2)16-9)8-14-7-10-5-3-4-6-15-10/h3-6,14H,7-8H2,1-2H3. The molecule has 2 aromatic rings. The molecule has 1 N–H and O–H groups in total. The van der Waals surface area contributed by atoms with E-state index in [1.165, 1.54) is 0 Å². The van der Waals surface area contributed by atoms with Gasteiger partial charge in [0, 0.05) is 31.9 Å². The fraction of sp³-hybridized carbons (Fsp3) is 0.333. The highest BCUT2D eigenvalue weighted by Crippen LogP contribution is 2.18. The SMILES string of the molecule is Cc1nn(C)c(Cl)c1CNCc1ccccn1. The molecule has 0 radical (unpaired) electrons. The molecule has 0 atom stereocenters. The Morgan fingerprint density at radius 2 is 2.18 bits per heavy atom. The fourth-order valence-corrected chi connectivity index (χ4v) is 1.93. The summed E-state index contributed by atoms with van der Waals surface area (Å²) >= 11 is 6.14. The normalized spacial score (nSPS) is 10.8. The number of hydrogen-bond acceptors (Lipinski definition) is 3. The Hall–Kier alpha value is -1.39. The Morgan fingerprint density at radius 1 is 1.35 bits per heavy atom. The second-order valence-corrected chi connectivity index (χ2v) is 4.26. The van der Waals surface area contributed by atoms with Gasteiger partial charge >= 0.3 is 0 Å². The molecule has 0 aliphatic rings. The average molecular weight is 251 g/mol. The number of aryl methyl sites for hydroxylation is 2. The maximum Gasteiger partial charge on any atom is 0.131 e. The van der Waals surface area contributed by atoms with Gasteiger partial charge in [-0.3, -0.25) is 9.67 Å². The van der Waals surface area contributed by atoms with Gasteiger partial charge in [0.2, 0.25) is 0 Å². The van der Waals surface area contributed by atoms with Crippen LogP contribution in [0.5, 0.6) is 0 Å². The van der Waals surface area contributed by atoms with E-state index < -0.39 is 0 Å². The highest BCUT2D eigenvalue weighted by molar-refractivity contribution is 6.30. The maximum atomic E-state index is 6.14. The highest BCUT2D eigenvalue weighted by Gasteiger charge is 2.10. The van der Waals surface area contributed by atoms with Crippen LogP contribution in [0.4, 0.5) is 0 Å². The molecule has 4 nitrogen and oxygen atoms in total. The number of rotatable bonds is 4. The zero-order valence-electron chi connectivity index (χ0n) is 9.94. The Bertz CT molecular complexity index is 493. The van der Waals surface area contributed by atoms with Crippen LogP contribution in [-0.4, -0.2) is 14.8 Å². The molecule has 0 aromatic carbocycles. The van der Waals surface area contributed by atoms with Gasteiger partial charge in [0.05, 0.1) is 11.4 Å². The molecule has 0 spiro atoms. The third kappa shape index (κ3) is 2.84. The summed E-state index contributed by atoms with van der Waals surface area (Å²) in [6, 6.07) is 5.88. The first kappa shape index (κ1) is 12.1. The van der Waals surface area contributed by atoms with E-state index in [-0.39, 0.29) is 0 Å². The minimum atomic E-state index is 0.691. The van der Waals surface area contributed by atoms with Crippen molar-refractivity contribution < 1.29 is 0 Å². The first-order valence-electron chi connectivity index (χ1n) is 5.47. The molecule has 0 saturated heterocycles. The Kier molecular flexibility index (Phi) is 3.76. The van der Waals surface area contributed by atoms with E-state index in [4.69, 9.17) is 11.6 Å². The van der Waals surface area contributed by atoms with Crippen LogP contribution >= 0.6 is 11.6 Å². The van der Waals surface area contributed by atoms with Crippen molar-refractivity contribution in [2.45, 2.75) is 20.0 Å². The van der Waals surface area contributed by atoms with Gasteiger partial charge in [-0.15, -0.1) is 0 Å². The first-order valence-corrected chi connectivity index (χ1v) is 5.85. The van der Waals surface area contributed by atoms with Crippen molar-refractivity contribution in [3.05, 3.63) is 46.5 Å². The average Bonchev–Trinajstić information content (AvgIpc) is 2.57. The van der Waals surface area contributed by atoms with Crippen LogP contribution in [-0.2, 0) is 20.1 Å². The van der Waals surface area contributed by atoms with Crippen LogP contribution in [0.15, 0.2) is 24.4 Å². The van der Waals surface area contributed by atoms with Gasteiger partial charge < -0.3 is 5.32 Å². The molecule has 0 amide bonds. The molecule has 0 fully saturated rings. The van der Waals surface area contributed by atoms with Crippen molar-refractivity contribution in [3.63, 3.8) is 0 Å². The van der Waals surface area contributed by atoms with Crippen LogP contribution < -0.4 is 5.32 Å². The summed E-state index contributed by atoms with van der Waals surface area (Å²) in [4.78, 5) is 4.24. The Morgan fingerprint density at radius 3 is 2.76 bits per heavy atom. The summed E-state index contributed by atoms with van der Waals surface area (Å²) in [5.41, 5.74) is 3.03. The number of halogens is 1. The summed E-state index contributed by atoms with van der Waals surface area (Å²) < 4.78 is 1.69. The summed E-state index contributed by atoms with van der Waals surface area (Å²) in [6.45, 7) is 3.39. The van der Waals surface area contributed by atoms with E-state index in [9.17, 15) is 0 Å². The highest BCUT2D eigenvalue weighted by atomic mass is 35.5. The lowest BCUT2D eigenvalue weighted by Crippen LogP contribution is -2.14. The Labute approximate surface area is 106 Å². The zero-order valence-corrected chi connectivity index (χ0v) is 10.7. The van der Waals surface area contributed by atoms with Crippen LogP contribution in [0.2, 0.25) is 5.15 Å². The lowest BCUT2D eigenvalue weighted by molar-refractivity contribution is 0.677. The van der Waals surface area contributed by atoms with Crippen molar-refractivity contribution in [1.29, 1.82) is 0 Å². The van der Waals surface area contributed by atoms with Crippen molar-refractivity contribution >= 4 is 11.6 Å². The third-order valence-corrected chi connectivity index (χ3v) is 3.08. The summed E-state index contributed by atoms with van der Waals surface area (Å²) in [5.74, 6) is 0. The molecule has 0 unspecified atom stereocenters. The van der Waals surface area contributed by atoms with Crippen molar-refractivity contribution in [2.24, 2.45) is 7.05 Å². The lowest BCUT2D eigenvalue weighted by Gasteiger charge is -2.04. The summed E-state index contributed by atoms with van der Waals surface area (Å²) in [7, 11) is 1.84. The topological polar surface area (TPSA) is 42.7 Å². The maximum absolute atomic E-state index is 6.14. The van der Waals surface area contributed by atoms with E-state index in [1.54, 1.807) is 10.9 Å². The molecule has 2 aromatic heterocycles. The van der Waals surface area contributed by atoms with Crippen LogP contribution in [0.3, 0.4) is 0 Å². The van der Waals surface area contributed by atoms with E-state index in [1.807, 2.05) is 32.2 Å². The first-order chi connectivity index (χ1) is 8.18. The minimum Gasteiger partial charge on any atom is -0.307 e. The van der Waals surface area contributed by atoms with Gasteiger partial charge in [-0.2, -0.15) is 5.10 Å². The van der Waals surface area contributed by atoms with Gasteiger partial charge in [-0.25, -0.2) is 0 Å². The molecule has 90 valence electrons. The second kappa shape index (κ2) is 5.29. The number of nitrogens with zero attached hydrogens (tertiary/aromatic N) is 3. The number of aromatic nitrogens is 3. The summed E-state index contributed by atoms with van der Waals surface area (Å²) in [6.07, 6.45) is 1.79. The van der Waals surface area contributed by atoms with Gasteiger partial charge in [0.25, 0.3) is 0 Å². The number of hydrogen-bond donors (Lipinski definition) is 1. The molecular formula is C12H15ClN4. The van der Waals surface area contributed by atoms with E-state index in [2.05, 4.69) is 15.4 Å². The van der Waals surface area contributed by atoms with Crippen molar-refractivity contribution in [1.82, 2.24) is 20.1 Å². The number of nitrogens with one attached hydrogen (secondary N) is 1. The largest absolute Gasteiger partial charge is 0.307 e. The van der Waals surface area contributed by atoms with Crippen LogP contribution in [0.1, 0.15) is 17.0 Å². The monoisotopic (exact) mass is 250 g/mol. The van der Waals surface area contributed by atoms with Crippen molar-refractivity contribution in [2.75, 3.05) is 0 Å². The van der Waals surface area contributed by atoms with E-state index in [0.29, 0.717) is 11.7 Å². The molecule has 0 aliphatic heterocycles. The number of pyridine rings is 1. The molecular weight excluding hydrogens is 236 g/mol. The van der Waals surface area contributed by atoms with Crippen LogP contribution in [0, 0.1) is 6.92 Å². The molecule has 5 heteroatoms. The zero-order chi connectivity index (χ0) is 12.3. The molecule has 0 aliphatic carbocycles. The molecule has 17 heavy (non-hydrogen) atoms. The smallest absolute Gasteiger partial charge is 0.131 e. The van der Waals surface area contributed by atoms with Gasteiger partial charge in [-0.1, -0.05) is 17.7 Å². The minimum absolute atomic E-state index is 0.691. The van der Waals surface area contributed by atoms with Gasteiger partial charge in [-0.05, 0) is 19.1 Å². The predicted octanol–water partition coefficient (Wildman–Crippen LogP) is 2.07. The lowest BCUT2D eigenvalue weighted by atomic mass is 10.2. The van der Waals surface area contributed by atoms with Crippen molar-refractivity contribution in [3.8, 4) is 0 Å². The van der Waals surface area contributed by atoms with Crippen LogP contribution in [0.25, 0.3) is 0 Å². The molecule has 2 heterocycles. The fourth-order valence-electron chi connectivity index (χ4n) is 1.69. The molecule has 0 saturated carbocycles. The Balaban J connectivity index is 1.95. The summed E-state index contributed by atoms with van der Waals surface area (Å²) in [5, 5.41) is 8.27. The third-order valence-electron chi connectivity index (χ3n) is 2.60. The van der Waals surface area contributed by atoms with E-state index in [0.717, 1.165) is 23.5 Å².